The first-order valence-electron chi connectivity index (χ1n) is 29.1. The van der Waals surface area contributed by atoms with E-state index in [4.69, 9.17) is 0 Å². The summed E-state index contributed by atoms with van der Waals surface area (Å²) < 4.78 is 1.67. The summed E-state index contributed by atoms with van der Waals surface area (Å²) in [5.74, 6) is 0. The molecule has 66 heavy (non-hydrogen) atoms. The van der Waals surface area contributed by atoms with Gasteiger partial charge in [-0.05, 0) is 141 Å². The maximum atomic E-state index is 12.6. The monoisotopic (exact) mass is 951 g/mol. The van der Waals surface area contributed by atoms with Crippen molar-refractivity contribution in [2.75, 3.05) is 0 Å². The van der Waals surface area contributed by atoms with Crippen LogP contribution in [0, 0.1) is 0 Å². The molecule has 3 rings (SSSR count). The van der Waals surface area contributed by atoms with Crippen molar-refractivity contribution in [2.45, 2.75) is 305 Å². The molecule has 0 radical (unpaired) electrons. The van der Waals surface area contributed by atoms with E-state index in [1.807, 2.05) is 14.4 Å². The summed E-state index contributed by atoms with van der Waals surface area (Å²) in [6, 6.07) is 9.92. The Morgan fingerprint density at radius 2 is 0.621 bits per heavy atom. The number of allylic oxidation sites excluding steroid dienone is 2. The first-order chi connectivity index (χ1) is 32.3. The molecule has 0 bridgehead atoms. The van der Waals surface area contributed by atoms with Crippen LogP contribution in [0.2, 0.25) is 10.8 Å². The van der Waals surface area contributed by atoms with Crippen LogP contribution in [0.15, 0.2) is 35.4 Å². The number of hydrogen-bond donors (Lipinski definition) is 0. The van der Waals surface area contributed by atoms with Crippen LogP contribution in [0.4, 0.5) is 0 Å². The second-order valence-electron chi connectivity index (χ2n) is 20.0. The van der Waals surface area contributed by atoms with Crippen molar-refractivity contribution in [3.8, 4) is 0 Å². The van der Waals surface area contributed by atoms with Gasteiger partial charge < -0.3 is 5.53 Å². The molecule has 0 amide bonds. The Balaban J connectivity index is 0.000000661. The van der Waals surface area contributed by atoms with Crippen LogP contribution in [0.1, 0.15) is 300 Å². The molecule has 2 nitrogen and oxygen atoms in total. The van der Waals surface area contributed by atoms with Gasteiger partial charge in [-0.2, -0.15) is 0 Å². The van der Waals surface area contributed by atoms with Gasteiger partial charge in [0.05, 0.1) is 0 Å². The Bertz CT molecular complexity index is 1570. The van der Waals surface area contributed by atoms with Crippen LogP contribution >= 0.6 is 0 Å². The van der Waals surface area contributed by atoms with Gasteiger partial charge in [0.2, 0.25) is 11.4 Å². The van der Waals surface area contributed by atoms with Crippen molar-refractivity contribution >= 4 is 11.4 Å². The van der Waals surface area contributed by atoms with Crippen LogP contribution in [0.5, 0.6) is 0 Å². The van der Waals surface area contributed by atoms with Crippen LogP contribution in [-0.2, 0) is 53.0 Å². The van der Waals surface area contributed by atoms with E-state index in [0.717, 1.165) is 94.9 Å². The second-order valence-corrected chi connectivity index (χ2v) is 21.5. The van der Waals surface area contributed by atoms with E-state index in [1.54, 1.807) is 15.8 Å². The van der Waals surface area contributed by atoms with Gasteiger partial charge in [0.15, 0.2) is 0 Å². The molecule has 0 fully saturated rings. The zero-order chi connectivity index (χ0) is 48.2. The van der Waals surface area contributed by atoms with Crippen LogP contribution in [-0.4, -0.2) is 4.70 Å². The van der Waals surface area contributed by atoms with Crippen molar-refractivity contribution in [3.05, 3.63) is 85.5 Å². The van der Waals surface area contributed by atoms with E-state index in [0.29, 0.717) is 0 Å². The number of aryl methyl sites for hydroxylation is 4. The summed E-state index contributed by atoms with van der Waals surface area (Å²) in [7, 11) is 0. The number of benzene rings is 2. The number of nitrogens with zero attached hydrogens (tertiary/aromatic N) is 2. The van der Waals surface area contributed by atoms with Crippen molar-refractivity contribution in [3.63, 3.8) is 0 Å². The molecule has 3 heteroatoms. The van der Waals surface area contributed by atoms with Gasteiger partial charge >= 0.3 is 129 Å². The molecule has 1 aliphatic heterocycles. The topological polar surface area (TPSA) is 25.3 Å². The summed E-state index contributed by atoms with van der Waals surface area (Å²) in [4.78, 5) is 0. The zero-order valence-electron chi connectivity index (χ0n) is 45.7. The van der Waals surface area contributed by atoms with Gasteiger partial charge in [-0.3, -0.25) is 0 Å². The van der Waals surface area contributed by atoms with Crippen molar-refractivity contribution in [2.24, 2.45) is 0 Å². The quantitative estimate of drug-likeness (QED) is 0.0363. The Morgan fingerprint density at radius 1 is 0.318 bits per heavy atom. The van der Waals surface area contributed by atoms with E-state index in [9.17, 15) is 5.53 Å². The number of rotatable bonds is 39. The standard InChI is InChI=1S/C45H70N2.2C9H19.Ni/c1-9-17-25-36-32-39(33-37(26-18-10-2)41(36)27-19-11-3)45-43(29-21-13-5)42(28-20-12-4)44(47(45)46)38-30-34(22-14-6)40(24-16-8)35(31-38)23-15-7;2*1-3-5-7-9-8-6-4-2;/h30-33H,9-29H2,1-8H3;2*1,3-9H2,2H3;. The number of unbranched alkanes of at least 4 members (excludes halogenated alkanes) is 17. The normalized spacial score (nSPS) is 12.8. The van der Waals surface area contributed by atoms with Crippen molar-refractivity contribution in [1.82, 2.24) is 0 Å². The van der Waals surface area contributed by atoms with E-state index in [2.05, 4.69) is 93.5 Å². The molecule has 0 saturated carbocycles. The zero-order valence-corrected chi connectivity index (χ0v) is 46.7. The third-order valence-corrected chi connectivity index (χ3v) is 15.3. The third-order valence-electron chi connectivity index (χ3n) is 13.9. The first kappa shape index (κ1) is 60.1. The molecule has 2 aromatic carbocycles. The Hall–Kier alpha value is -1.99. The van der Waals surface area contributed by atoms with E-state index < -0.39 is 0 Å². The SMILES string of the molecule is CCCCC1=C(c2cc(CCC)c(CCC)c(CCC)c2)[N+](=[N-])C(c2cc(CCCC)c(CCCC)c(CCCC)c2)=C1CCCC.CCCCCCCC[CH2][Ni][CH2]CCCCCCCC. The summed E-state index contributed by atoms with van der Waals surface area (Å²) in [5, 5.41) is 2.85. The summed E-state index contributed by atoms with van der Waals surface area (Å²) >= 11 is 2.01. The van der Waals surface area contributed by atoms with Crippen LogP contribution in [0.25, 0.3) is 16.9 Å². The molecule has 2 aromatic rings. The average Bonchev–Trinajstić information content (AvgIpc) is 3.60. The van der Waals surface area contributed by atoms with E-state index >= 15 is 0 Å². The molecule has 0 N–H and O–H groups in total. The van der Waals surface area contributed by atoms with Crippen molar-refractivity contribution < 1.29 is 19.1 Å². The Morgan fingerprint density at radius 3 is 0.985 bits per heavy atom. The van der Waals surface area contributed by atoms with E-state index in [-0.39, 0.29) is 0 Å². The molecule has 0 spiro atoms. The van der Waals surface area contributed by atoms with Gasteiger partial charge in [-0.1, -0.05) is 107 Å². The molecular formula is C63H108N2Ni. The van der Waals surface area contributed by atoms with Crippen LogP contribution < -0.4 is 0 Å². The summed E-state index contributed by atoms with van der Waals surface area (Å²) in [6.07, 6.45) is 44.5. The molecule has 0 unspecified atom stereocenters. The Labute approximate surface area is 418 Å². The molecule has 380 valence electrons. The number of hydrogen-bond acceptors (Lipinski definition) is 0. The molecule has 1 aliphatic rings. The second kappa shape index (κ2) is 38.8. The fourth-order valence-corrected chi connectivity index (χ4v) is 11.3. The van der Waals surface area contributed by atoms with Gasteiger partial charge in [0.25, 0.3) is 0 Å². The van der Waals surface area contributed by atoms with Gasteiger partial charge in [-0.25, -0.2) is 4.70 Å². The van der Waals surface area contributed by atoms with Gasteiger partial charge in [-0.15, -0.1) is 0 Å². The van der Waals surface area contributed by atoms with Gasteiger partial charge in [0, 0.05) is 22.3 Å². The van der Waals surface area contributed by atoms with Crippen molar-refractivity contribution in [1.29, 1.82) is 0 Å². The molecule has 0 saturated heterocycles. The first-order valence-corrected chi connectivity index (χ1v) is 30.5. The molecule has 0 atom stereocenters. The molecule has 0 aliphatic carbocycles. The minimum absolute atomic E-state index is 1.02. The fourth-order valence-electron chi connectivity index (χ4n) is 10.1. The summed E-state index contributed by atoms with van der Waals surface area (Å²) in [5.41, 5.74) is 29.2. The molecular weight excluding hydrogens is 843 g/mol. The predicted octanol–water partition coefficient (Wildman–Crippen LogP) is 21.5. The third kappa shape index (κ3) is 21.8. The van der Waals surface area contributed by atoms with Gasteiger partial charge in [0.1, 0.15) is 0 Å². The fraction of sp³-hybridized carbons (Fsp3) is 0.746. The average molecular weight is 952 g/mol. The summed E-state index contributed by atoms with van der Waals surface area (Å²) in [6.45, 7) is 23.1. The molecule has 1 heterocycles. The minimum atomic E-state index is 1.02. The predicted molar refractivity (Wildman–Crippen MR) is 293 cm³/mol. The van der Waals surface area contributed by atoms with Crippen LogP contribution in [0.3, 0.4) is 0 Å². The maximum absolute atomic E-state index is 12.6. The Kier molecular flexibility index (Phi) is 35.4. The van der Waals surface area contributed by atoms with E-state index in [1.165, 1.54) is 197 Å². The molecule has 0 aromatic heterocycles.